The van der Waals surface area contributed by atoms with E-state index in [9.17, 15) is 4.79 Å². The molecule has 9 heteroatoms. The van der Waals surface area contributed by atoms with E-state index in [1.54, 1.807) is 0 Å². The second kappa shape index (κ2) is 10.4. The van der Waals surface area contributed by atoms with Crippen molar-refractivity contribution < 1.29 is 4.79 Å². The van der Waals surface area contributed by atoms with Gasteiger partial charge in [-0.25, -0.2) is 9.97 Å². The lowest BCUT2D eigenvalue weighted by Crippen LogP contribution is -2.46. The molecule has 1 aromatic carbocycles. The summed E-state index contributed by atoms with van der Waals surface area (Å²) < 4.78 is 0. The number of anilines is 2. The first-order valence-corrected chi connectivity index (χ1v) is 12.3. The van der Waals surface area contributed by atoms with E-state index < -0.39 is 0 Å². The fourth-order valence-electron chi connectivity index (χ4n) is 3.74. The van der Waals surface area contributed by atoms with Crippen molar-refractivity contribution in [3.8, 4) is 0 Å². The summed E-state index contributed by atoms with van der Waals surface area (Å²) in [6.45, 7) is 12.7. The first kappa shape index (κ1) is 23.3. The number of carbonyl (C=O) groups excluding carboxylic acids is 1. The normalized spacial score (nSPS) is 14.6. The highest BCUT2D eigenvalue weighted by Gasteiger charge is 2.21. The largest absolute Gasteiger partial charge is 0.354 e. The molecule has 0 atom stereocenters. The van der Waals surface area contributed by atoms with E-state index in [1.807, 2.05) is 31.2 Å². The third-order valence-corrected chi connectivity index (χ3v) is 6.62. The first-order chi connectivity index (χ1) is 15.9. The molecule has 2 aromatic heterocycles. The summed E-state index contributed by atoms with van der Waals surface area (Å²) in [6.07, 6.45) is 0.972. The number of aryl methyl sites for hydroxylation is 2. The molecule has 33 heavy (non-hydrogen) atoms. The van der Waals surface area contributed by atoms with Crippen LogP contribution in [0.4, 0.5) is 11.5 Å². The van der Waals surface area contributed by atoms with Crippen LogP contribution < -0.4 is 10.2 Å². The van der Waals surface area contributed by atoms with Gasteiger partial charge in [0.05, 0.1) is 6.54 Å². The Kier molecular flexibility index (Phi) is 7.29. The Morgan fingerprint density at radius 3 is 2.48 bits per heavy atom. The van der Waals surface area contributed by atoms with Crippen LogP contribution in [0.2, 0.25) is 0 Å². The van der Waals surface area contributed by atoms with Crippen molar-refractivity contribution in [1.29, 1.82) is 0 Å². The van der Waals surface area contributed by atoms with Gasteiger partial charge in [0.15, 0.2) is 0 Å². The standard InChI is InChI=1S/C24H31N7OS/c1-5-18-6-8-19(9-7-18)26-23(32)24-29-28-21(33-24)15-30-10-12-31(13-11-30)20-14-17(4)25-22(27-20)16(2)3/h6-9,14,16H,5,10-13,15H2,1-4H3,(H,26,32). The fourth-order valence-corrected chi connectivity index (χ4v) is 4.52. The Bertz CT molecular complexity index is 1090. The highest BCUT2D eigenvalue weighted by molar-refractivity contribution is 7.13. The molecular weight excluding hydrogens is 434 g/mol. The zero-order valence-corrected chi connectivity index (χ0v) is 20.5. The van der Waals surface area contributed by atoms with Crippen LogP contribution in [0.1, 0.15) is 58.6 Å². The van der Waals surface area contributed by atoms with Crippen LogP contribution in [0.15, 0.2) is 30.3 Å². The molecule has 0 saturated carbocycles. The second-order valence-corrected chi connectivity index (χ2v) is 9.71. The van der Waals surface area contributed by atoms with Crippen molar-refractivity contribution in [3.05, 3.63) is 57.4 Å². The molecule has 1 saturated heterocycles. The molecule has 3 heterocycles. The van der Waals surface area contributed by atoms with E-state index in [-0.39, 0.29) is 5.91 Å². The van der Waals surface area contributed by atoms with Crippen molar-refractivity contribution >= 4 is 28.7 Å². The van der Waals surface area contributed by atoms with Crippen LogP contribution in [-0.4, -0.2) is 57.2 Å². The molecule has 1 N–H and O–H groups in total. The third kappa shape index (κ3) is 5.91. The minimum atomic E-state index is -0.215. The number of hydrogen-bond donors (Lipinski definition) is 1. The van der Waals surface area contributed by atoms with Crippen molar-refractivity contribution in [3.63, 3.8) is 0 Å². The highest BCUT2D eigenvalue weighted by Crippen LogP contribution is 2.20. The molecule has 0 spiro atoms. The summed E-state index contributed by atoms with van der Waals surface area (Å²) in [5.74, 6) is 2.00. The van der Waals surface area contributed by atoms with Gasteiger partial charge in [-0.2, -0.15) is 0 Å². The van der Waals surface area contributed by atoms with Gasteiger partial charge in [-0.3, -0.25) is 9.69 Å². The molecule has 0 unspecified atom stereocenters. The maximum Gasteiger partial charge on any atom is 0.286 e. The van der Waals surface area contributed by atoms with Gasteiger partial charge in [0.2, 0.25) is 5.01 Å². The Balaban J connectivity index is 1.31. The molecule has 0 bridgehead atoms. The van der Waals surface area contributed by atoms with Gasteiger partial charge in [-0.15, -0.1) is 10.2 Å². The van der Waals surface area contributed by atoms with Gasteiger partial charge in [0, 0.05) is 49.5 Å². The van der Waals surface area contributed by atoms with Crippen LogP contribution >= 0.6 is 11.3 Å². The third-order valence-electron chi connectivity index (χ3n) is 5.71. The number of piperazine rings is 1. The summed E-state index contributed by atoms with van der Waals surface area (Å²) in [5, 5.41) is 12.5. The highest BCUT2D eigenvalue weighted by atomic mass is 32.1. The monoisotopic (exact) mass is 465 g/mol. The SMILES string of the molecule is CCc1ccc(NC(=O)c2nnc(CN3CCN(c4cc(C)nc(C(C)C)n4)CC3)s2)cc1. The van der Waals surface area contributed by atoms with E-state index in [2.05, 4.69) is 57.1 Å². The van der Waals surface area contributed by atoms with Crippen molar-refractivity contribution in [2.75, 3.05) is 36.4 Å². The zero-order chi connectivity index (χ0) is 23.4. The minimum absolute atomic E-state index is 0.215. The van der Waals surface area contributed by atoms with Crippen LogP contribution in [0.3, 0.4) is 0 Å². The number of benzene rings is 1. The number of amides is 1. The summed E-state index contributed by atoms with van der Waals surface area (Å²) in [7, 11) is 0. The Morgan fingerprint density at radius 1 is 1.09 bits per heavy atom. The maximum absolute atomic E-state index is 12.5. The molecule has 1 aliphatic rings. The smallest absolute Gasteiger partial charge is 0.286 e. The van der Waals surface area contributed by atoms with Gasteiger partial charge < -0.3 is 10.2 Å². The van der Waals surface area contributed by atoms with Crippen LogP contribution in [0, 0.1) is 6.92 Å². The van der Waals surface area contributed by atoms with Crippen molar-refractivity contribution in [2.45, 2.75) is 46.6 Å². The van der Waals surface area contributed by atoms with E-state index in [4.69, 9.17) is 4.98 Å². The second-order valence-electron chi connectivity index (χ2n) is 8.65. The lowest BCUT2D eigenvalue weighted by Gasteiger charge is -2.35. The van der Waals surface area contributed by atoms with Crippen LogP contribution in [0.25, 0.3) is 0 Å². The molecule has 1 amide bonds. The van der Waals surface area contributed by atoms with Gasteiger partial charge in [0.1, 0.15) is 16.6 Å². The summed E-state index contributed by atoms with van der Waals surface area (Å²) in [5.41, 5.74) is 3.01. The molecule has 174 valence electrons. The predicted octanol–water partition coefficient (Wildman–Crippen LogP) is 3.90. The summed E-state index contributed by atoms with van der Waals surface area (Å²) >= 11 is 1.36. The number of hydrogen-bond acceptors (Lipinski definition) is 8. The Labute approximate surface area is 199 Å². The number of rotatable bonds is 7. The molecule has 3 aromatic rings. The molecule has 1 aliphatic heterocycles. The number of nitrogens with one attached hydrogen (secondary N) is 1. The summed E-state index contributed by atoms with van der Waals surface area (Å²) in [6, 6.07) is 9.94. The van der Waals surface area contributed by atoms with E-state index in [0.717, 1.165) is 60.6 Å². The molecular formula is C24H31N7OS. The average Bonchev–Trinajstić information content (AvgIpc) is 3.28. The zero-order valence-electron chi connectivity index (χ0n) is 19.7. The quantitative estimate of drug-likeness (QED) is 0.566. The van der Waals surface area contributed by atoms with Crippen molar-refractivity contribution in [2.24, 2.45) is 0 Å². The summed E-state index contributed by atoms with van der Waals surface area (Å²) in [4.78, 5) is 26.5. The lowest BCUT2D eigenvalue weighted by atomic mass is 10.1. The number of carbonyl (C=O) groups is 1. The minimum Gasteiger partial charge on any atom is -0.354 e. The lowest BCUT2D eigenvalue weighted by molar-refractivity contribution is 0.102. The Hall–Kier alpha value is -2.91. The fraction of sp³-hybridized carbons (Fsp3) is 0.458. The average molecular weight is 466 g/mol. The van der Waals surface area contributed by atoms with Gasteiger partial charge in [-0.1, -0.05) is 44.2 Å². The van der Waals surface area contributed by atoms with E-state index in [0.29, 0.717) is 17.5 Å². The first-order valence-electron chi connectivity index (χ1n) is 11.5. The Morgan fingerprint density at radius 2 is 1.82 bits per heavy atom. The molecule has 4 rings (SSSR count). The van der Waals surface area contributed by atoms with E-state index in [1.165, 1.54) is 16.9 Å². The molecule has 0 aliphatic carbocycles. The topological polar surface area (TPSA) is 87.1 Å². The molecule has 1 fully saturated rings. The van der Waals surface area contributed by atoms with E-state index >= 15 is 0 Å². The molecule has 8 nitrogen and oxygen atoms in total. The predicted molar refractivity (Wildman–Crippen MR) is 132 cm³/mol. The van der Waals surface area contributed by atoms with Crippen molar-refractivity contribution in [1.82, 2.24) is 25.1 Å². The molecule has 0 radical (unpaired) electrons. The van der Waals surface area contributed by atoms with Gasteiger partial charge in [0.25, 0.3) is 5.91 Å². The van der Waals surface area contributed by atoms with Crippen LogP contribution in [-0.2, 0) is 13.0 Å². The maximum atomic E-state index is 12.5. The number of nitrogens with zero attached hydrogens (tertiary/aromatic N) is 6. The number of aromatic nitrogens is 4. The van der Waals surface area contributed by atoms with Gasteiger partial charge >= 0.3 is 0 Å². The van der Waals surface area contributed by atoms with Gasteiger partial charge in [-0.05, 0) is 31.0 Å². The van der Waals surface area contributed by atoms with Crippen LogP contribution in [0.5, 0.6) is 0 Å².